The van der Waals surface area contributed by atoms with Crippen LogP contribution in [0.4, 0.5) is 0 Å². The van der Waals surface area contributed by atoms with Crippen molar-refractivity contribution in [3.05, 3.63) is 89.7 Å². The zero-order valence-electron chi connectivity index (χ0n) is 25.8. The van der Waals surface area contributed by atoms with Crippen LogP contribution in [-0.4, -0.2) is 48.6 Å². The summed E-state index contributed by atoms with van der Waals surface area (Å²) in [4.78, 5) is 42.1. The summed E-state index contributed by atoms with van der Waals surface area (Å²) in [7, 11) is 1.40. The molecule has 2 aromatic carbocycles. The van der Waals surface area contributed by atoms with E-state index in [0.29, 0.717) is 6.61 Å². The lowest BCUT2D eigenvalue weighted by Crippen LogP contribution is -2.39. The van der Waals surface area contributed by atoms with Gasteiger partial charge in [-0.05, 0) is 43.2 Å². The Kier molecular flexibility index (Phi) is 13.4. The molecule has 0 aliphatic rings. The number of Topliss-reactive ketones (excluding diaryl/α,β-unsaturated/α-hetero) is 1. The summed E-state index contributed by atoms with van der Waals surface area (Å²) in [6.45, 7) is 7.36. The van der Waals surface area contributed by atoms with Crippen LogP contribution in [0, 0.1) is 11.8 Å². The lowest BCUT2D eigenvalue weighted by atomic mass is 9.89. The van der Waals surface area contributed by atoms with Gasteiger partial charge in [0.15, 0.2) is 17.2 Å². The molecule has 0 saturated carbocycles. The summed E-state index contributed by atoms with van der Waals surface area (Å²) < 4.78 is 22.8. The van der Waals surface area contributed by atoms with E-state index in [-0.39, 0.29) is 35.6 Å². The molecule has 4 atom stereocenters. The van der Waals surface area contributed by atoms with Crippen LogP contribution < -0.4 is 9.47 Å². The molecule has 0 aliphatic carbocycles. The molecule has 0 saturated heterocycles. The third-order valence-corrected chi connectivity index (χ3v) is 7.35. The van der Waals surface area contributed by atoms with Crippen LogP contribution in [0.25, 0.3) is 0 Å². The molecule has 0 amide bonds. The molecule has 0 radical (unpaired) electrons. The second-order valence-electron chi connectivity index (χ2n) is 10.7. The van der Waals surface area contributed by atoms with E-state index in [1.807, 2.05) is 43.3 Å². The predicted octanol–water partition coefficient (Wildman–Crippen LogP) is 6.44. The van der Waals surface area contributed by atoms with Crippen LogP contribution >= 0.6 is 0 Å². The van der Waals surface area contributed by atoms with Gasteiger partial charge in [-0.15, -0.1) is 0 Å². The molecule has 3 rings (SSSR count). The molecule has 3 aromatic rings. The minimum absolute atomic E-state index is 0.0629. The van der Waals surface area contributed by atoms with E-state index in [1.54, 1.807) is 6.92 Å². The molecule has 8 heteroatoms. The first-order valence-electron chi connectivity index (χ1n) is 14.9. The molecular formula is C35H43NO7. The Labute approximate surface area is 254 Å². The van der Waals surface area contributed by atoms with Crippen LogP contribution in [0.1, 0.15) is 68.6 Å². The molecule has 0 aliphatic heterocycles. The number of benzene rings is 2. The molecular weight excluding hydrogens is 546 g/mol. The minimum atomic E-state index is -0.763. The molecule has 1 aromatic heterocycles. The number of ketones is 1. The molecule has 8 nitrogen and oxygen atoms in total. The second kappa shape index (κ2) is 17.2. The van der Waals surface area contributed by atoms with Gasteiger partial charge in [0.05, 0.1) is 19.1 Å². The topological polar surface area (TPSA) is 101 Å². The van der Waals surface area contributed by atoms with Crippen LogP contribution in [0.5, 0.6) is 11.5 Å². The Morgan fingerprint density at radius 3 is 2.16 bits per heavy atom. The highest BCUT2D eigenvalue weighted by atomic mass is 16.6. The summed E-state index contributed by atoms with van der Waals surface area (Å²) in [6.07, 6.45) is 3.71. The number of nitrogens with zero attached hydrogens (tertiary/aromatic N) is 1. The van der Waals surface area contributed by atoms with Crippen LogP contribution in [0.2, 0.25) is 0 Å². The number of hydrogen-bond acceptors (Lipinski definition) is 8. The van der Waals surface area contributed by atoms with Crippen LogP contribution in [0.3, 0.4) is 0 Å². The number of pyridine rings is 1. The van der Waals surface area contributed by atoms with Crippen LogP contribution in [0.15, 0.2) is 72.9 Å². The summed E-state index contributed by atoms with van der Waals surface area (Å²) in [5.41, 5.74) is 2.37. The number of esters is 2. The summed E-state index contributed by atoms with van der Waals surface area (Å²) >= 11 is 0. The Hall–Kier alpha value is -4.04. The number of ether oxygens (including phenoxy) is 4. The van der Waals surface area contributed by atoms with Gasteiger partial charge < -0.3 is 18.9 Å². The number of rotatable bonds is 17. The van der Waals surface area contributed by atoms with Crippen molar-refractivity contribution in [2.45, 2.75) is 72.0 Å². The third kappa shape index (κ3) is 10.3. The van der Waals surface area contributed by atoms with Crippen molar-refractivity contribution in [3.8, 4) is 11.5 Å². The Balaban J connectivity index is 1.69. The average molecular weight is 590 g/mol. The van der Waals surface area contributed by atoms with Crippen molar-refractivity contribution in [3.63, 3.8) is 0 Å². The highest BCUT2D eigenvalue weighted by Gasteiger charge is 2.32. The number of carbonyl (C=O) groups is 3. The van der Waals surface area contributed by atoms with E-state index in [4.69, 9.17) is 18.9 Å². The first-order chi connectivity index (χ1) is 20.7. The molecule has 230 valence electrons. The van der Waals surface area contributed by atoms with Gasteiger partial charge in [0.25, 0.3) is 0 Å². The average Bonchev–Trinajstić information content (AvgIpc) is 3.00. The molecule has 0 N–H and O–H groups in total. The van der Waals surface area contributed by atoms with Gasteiger partial charge in [0, 0.05) is 32.2 Å². The van der Waals surface area contributed by atoms with Gasteiger partial charge in [0.1, 0.15) is 6.10 Å². The standard InChI is InChI=1S/C35H43NO7/c1-6-29(23-28-16-11-8-12-17-28)33(41-21-13-18-27-14-9-7-10-15-27)25(3)42-35(39)24(2)22-30(38)32-34(43-26(4)37)31(40-5)19-20-36-32/h7-12,14-17,19-20,24-25,29,33H,6,13,18,21-23H2,1-5H3/t24-,25+,29-,33+/m1/s1. The van der Waals surface area contributed by atoms with Gasteiger partial charge in [-0.2, -0.15) is 0 Å². The van der Waals surface area contributed by atoms with Crippen molar-refractivity contribution in [2.24, 2.45) is 11.8 Å². The maximum Gasteiger partial charge on any atom is 0.309 e. The van der Waals surface area contributed by atoms with E-state index in [2.05, 4.69) is 36.2 Å². The number of aryl methyl sites for hydroxylation is 1. The molecule has 0 spiro atoms. The normalized spacial score (nSPS) is 13.8. The maximum absolute atomic E-state index is 13.2. The highest BCUT2D eigenvalue weighted by Crippen LogP contribution is 2.31. The monoisotopic (exact) mass is 589 g/mol. The van der Waals surface area contributed by atoms with Gasteiger partial charge in [0.2, 0.25) is 5.75 Å². The summed E-state index contributed by atoms with van der Waals surface area (Å²) in [5.74, 6) is -2.09. The first kappa shape index (κ1) is 33.5. The quantitative estimate of drug-likeness (QED) is 0.101. The minimum Gasteiger partial charge on any atom is -0.493 e. The zero-order chi connectivity index (χ0) is 31.2. The predicted molar refractivity (Wildman–Crippen MR) is 164 cm³/mol. The molecule has 0 bridgehead atoms. The van der Waals surface area contributed by atoms with E-state index >= 15 is 0 Å². The number of hydrogen-bond donors (Lipinski definition) is 0. The lowest BCUT2D eigenvalue weighted by Gasteiger charge is -2.32. The maximum atomic E-state index is 13.2. The number of carbonyl (C=O) groups excluding carboxylic acids is 3. The Morgan fingerprint density at radius 2 is 1.56 bits per heavy atom. The van der Waals surface area contributed by atoms with Crippen molar-refractivity contribution >= 4 is 17.7 Å². The van der Waals surface area contributed by atoms with Crippen molar-refractivity contribution in [1.82, 2.24) is 4.98 Å². The zero-order valence-corrected chi connectivity index (χ0v) is 25.8. The SMILES string of the molecule is CC[C@H](Cc1ccccc1)[C@@H](OCCCc1ccccc1)[C@H](C)OC(=O)[C@H](C)CC(=O)c1nccc(OC)c1OC(C)=O. The smallest absolute Gasteiger partial charge is 0.309 e. The van der Waals surface area contributed by atoms with Crippen molar-refractivity contribution in [2.75, 3.05) is 13.7 Å². The molecule has 1 heterocycles. The van der Waals surface area contributed by atoms with E-state index in [1.165, 1.54) is 37.4 Å². The van der Waals surface area contributed by atoms with E-state index in [0.717, 1.165) is 25.7 Å². The molecule has 0 unspecified atom stereocenters. The Bertz CT molecular complexity index is 1310. The fourth-order valence-corrected chi connectivity index (χ4v) is 5.06. The first-order valence-corrected chi connectivity index (χ1v) is 14.9. The molecule has 43 heavy (non-hydrogen) atoms. The van der Waals surface area contributed by atoms with Gasteiger partial charge in [-0.1, -0.05) is 80.9 Å². The fourth-order valence-electron chi connectivity index (χ4n) is 5.06. The van der Waals surface area contributed by atoms with Gasteiger partial charge in [-0.25, -0.2) is 4.98 Å². The van der Waals surface area contributed by atoms with Gasteiger partial charge >= 0.3 is 11.9 Å². The van der Waals surface area contributed by atoms with Crippen LogP contribution in [-0.2, 0) is 31.9 Å². The lowest BCUT2D eigenvalue weighted by molar-refractivity contribution is -0.163. The highest BCUT2D eigenvalue weighted by molar-refractivity contribution is 5.99. The Morgan fingerprint density at radius 1 is 0.907 bits per heavy atom. The van der Waals surface area contributed by atoms with E-state index < -0.39 is 29.7 Å². The van der Waals surface area contributed by atoms with E-state index in [9.17, 15) is 14.4 Å². The second-order valence-corrected chi connectivity index (χ2v) is 10.7. The summed E-state index contributed by atoms with van der Waals surface area (Å²) in [5, 5.41) is 0. The van der Waals surface area contributed by atoms with Gasteiger partial charge in [-0.3, -0.25) is 14.4 Å². The number of aromatic nitrogens is 1. The van der Waals surface area contributed by atoms with Crippen molar-refractivity contribution in [1.29, 1.82) is 0 Å². The van der Waals surface area contributed by atoms with Crippen molar-refractivity contribution < 1.29 is 33.3 Å². The third-order valence-electron chi connectivity index (χ3n) is 7.35. The molecule has 0 fully saturated rings. The fraction of sp³-hybridized carbons (Fsp3) is 0.429. The summed E-state index contributed by atoms with van der Waals surface area (Å²) in [6, 6.07) is 22.0. The largest absolute Gasteiger partial charge is 0.493 e. The number of methoxy groups -OCH3 is 1.